The molecule has 0 spiro atoms. The van der Waals surface area contributed by atoms with Gasteiger partial charge in [-0.3, -0.25) is 5.32 Å². The Morgan fingerprint density at radius 1 is 1.24 bits per heavy atom. The molecule has 1 fully saturated rings. The number of nitrogens with zero attached hydrogens (tertiary/aromatic N) is 3. The summed E-state index contributed by atoms with van der Waals surface area (Å²) in [5.74, 6) is -1.68. The maximum absolute atomic E-state index is 14.7. The van der Waals surface area contributed by atoms with E-state index < -0.39 is 24.3 Å². The Kier molecular flexibility index (Phi) is 6.73. The molecule has 1 saturated heterocycles. The smallest absolute Gasteiger partial charge is 0.324 e. The van der Waals surface area contributed by atoms with Gasteiger partial charge in [0.15, 0.2) is 5.13 Å². The van der Waals surface area contributed by atoms with E-state index in [-0.39, 0.29) is 55.2 Å². The molecule has 2 heterocycles. The summed E-state index contributed by atoms with van der Waals surface area (Å²) in [5.41, 5.74) is 0.649. The van der Waals surface area contributed by atoms with Gasteiger partial charge in [0.1, 0.15) is 17.5 Å². The first-order chi connectivity index (χ1) is 15.7. The van der Waals surface area contributed by atoms with Crippen LogP contribution >= 0.6 is 11.3 Å². The van der Waals surface area contributed by atoms with Gasteiger partial charge in [-0.1, -0.05) is 11.3 Å². The summed E-state index contributed by atoms with van der Waals surface area (Å²) in [6.07, 6.45) is -1.36. The van der Waals surface area contributed by atoms with Crippen LogP contribution in [-0.2, 0) is 6.42 Å². The topological polar surface area (TPSA) is 88.9 Å². The zero-order valence-electron chi connectivity index (χ0n) is 17.8. The Morgan fingerprint density at radius 2 is 2.03 bits per heavy atom. The number of halogens is 3. The molecule has 176 valence electrons. The number of benzene rings is 2. The lowest BCUT2D eigenvalue weighted by Gasteiger charge is -2.40. The summed E-state index contributed by atoms with van der Waals surface area (Å²) in [4.78, 5) is 20.3. The van der Waals surface area contributed by atoms with Gasteiger partial charge in [-0.25, -0.2) is 22.9 Å². The van der Waals surface area contributed by atoms with E-state index >= 15 is 0 Å². The van der Waals surface area contributed by atoms with Gasteiger partial charge >= 0.3 is 6.03 Å². The lowest BCUT2D eigenvalue weighted by molar-refractivity contribution is 0.0947. The number of anilines is 2. The van der Waals surface area contributed by atoms with Crippen molar-refractivity contribution in [3.8, 4) is 0 Å². The normalized spacial score (nSPS) is 17.5. The Bertz CT molecular complexity index is 1180. The second-order valence-corrected chi connectivity index (χ2v) is 9.02. The van der Waals surface area contributed by atoms with Crippen LogP contribution in [0.15, 0.2) is 30.3 Å². The molecular weight excluding hydrogens is 457 g/mol. The highest BCUT2D eigenvalue weighted by molar-refractivity contribution is 7.22. The van der Waals surface area contributed by atoms with Crippen LogP contribution in [0.4, 0.5) is 28.8 Å². The molecule has 33 heavy (non-hydrogen) atoms. The van der Waals surface area contributed by atoms with Crippen molar-refractivity contribution in [2.24, 2.45) is 0 Å². The number of urea groups is 1. The average molecular weight is 481 g/mol. The molecular formula is C22H23F3N4O3S. The summed E-state index contributed by atoms with van der Waals surface area (Å²) >= 11 is 1.17. The van der Waals surface area contributed by atoms with Crippen LogP contribution in [0.25, 0.3) is 10.2 Å². The zero-order valence-corrected chi connectivity index (χ0v) is 18.6. The number of piperazine rings is 1. The number of aliphatic hydroxyl groups excluding tert-OH is 2. The van der Waals surface area contributed by atoms with Crippen molar-refractivity contribution >= 4 is 38.4 Å². The minimum absolute atomic E-state index is 0.0143. The van der Waals surface area contributed by atoms with Crippen molar-refractivity contribution in [1.82, 2.24) is 9.88 Å². The van der Waals surface area contributed by atoms with Gasteiger partial charge in [-0.05, 0) is 36.8 Å². The van der Waals surface area contributed by atoms with E-state index in [0.717, 1.165) is 12.1 Å². The number of fused-ring (bicyclic) bond motifs is 1. The highest BCUT2D eigenvalue weighted by Crippen LogP contribution is 2.29. The van der Waals surface area contributed by atoms with E-state index in [1.54, 1.807) is 22.8 Å². The van der Waals surface area contributed by atoms with Crippen molar-refractivity contribution in [2.75, 3.05) is 36.5 Å². The summed E-state index contributed by atoms with van der Waals surface area (Å²) < 4.78 is 43.1. The zero-order chi connectivity index (χ0) is 23.7. The Labute approximate surface area is 192 Å². The maximum atomic E-state index is 14.7. The molecule has 0 aliphatic carbocycles. The second-order valence-electron chi connectivity index (χ2n) is 7.99. The van der Waals surface area contributed by atoms with E-state index in [0.29, 0.717) is 15.3 Å². The van der Waals surface area contributed by atoms with Crippen LogP contribution in [0, 0.1) is 17.5 Å². The first-order valence-corrected chi connectivity index (χ1v) is 11.2. The van der Waals surface area contributed by atoms with Gasteiger partial charge in [0.05, 0.1) is 28.6 Å². The quantitative estimate of drug-likeness (QED) is 0.521. The number of rotatable bonds is 5. The lowest BCUT2D eigenvalue weighted by atomic mass is 10.1. The summed E-state index contributed by atoms with van der Waals surface area (Å²) in [6, 6.07) is 5.64. The number of hydrogen-bond acceptors (Lipinski definition) is 6. The van der Waals surface area contributed by atoms with Gasteiger partial charge in [0.25, 0.3) is 0 Å². The number of amides is 2. The van der Waals surface area contributed by atoms with Crippen LogP contribution in [-0.4, -0.2) is 64.5 Å². The average Bonchev–Trinajstić information content (AvgIpc) is 3.16. The van der Waals surface area contributed by atoms with Gasteiger partial charge in [-0.2, -0.15) is 0 Å². The molecule has 1 aromatic heterocycles. The first kappa shape index (κ1) is 23.3. The molecule has 11 heteroatoms. The maximum Gasteiger partial charge on any atom is 0.324 e. The lowest BCUT2D eigenvalue weighted by Crippen LogP contribution is -2.55. The summed E-state index contributed by atoms with van der Waals surface area (Å²) in [5, 5.41) is 21.5. The van der Waals surface area contributed by atoms with Crippen LogP contribution in [0.5, 0.6) is 0 Å². The minimum Gasteiger partial charge on any atom is -0.394 e. The molecule has 0 bridgehead atoms. The van der Waals surface area contributed by atoms with E-state index in [1.165, 1.54) is 23.5 Å². The van der Waals surface area contributed by atoms with E-state index in [4.69, 9.17) is 5.11 Å². The fourth-order valence-electron chi connectivity index (χ4n) is 3.89. The Hall–Kier alpha value is -2.89. The van der Waals surface area contributed by atoms with Gasteiger partial charge in [-0.15, -0.1) is 0 Å². The highest BCUT2D eigenvalue weighted by atomic mass is 32.1. The van der Waals surface area contributed by atoms with Crippen LogP contribution < -0.4 is 10.2 Å². The predicted octanol–water partition coefficient (Wildman–Crippen LogP) is 3.35. The number of aromatic nitrogens is 1. The third-order valence-corrected chi connectivity index (χ3v) is 6.51. The van der Waals surface area contributed by atoms with Crippen LogP contribution in [0.2, 0.25) is 0 Å². The van der Waals surface area contributed by atoms with Crippen LogP contribution in [0.3, 0.4) is 0 Å². The van der Waals surface area contributed by atoms with Crippen molar-refractivity contribution in [3.05, 3.63) is 53.3 Å². The second kappa shape index (κ2) is 9.54. The van der Waals surface area contributed by atoms with Gasteiger partial charge in [0, 0.05) is 38.2 Å². The molecule has 2 aromatic carbocycles. The first-order valence-electron chi connectivity index (χ1n) is 10.4. The number of carbonyl (C=O) groups excluding carboxylic acids is 1. The number of thiazole rings is 1. The highest BCUT2D eigenvalue weighted by Gasteiger charge is 2.30. The minimum atomic E-state index is -1.17. The Balaban J connectivity index is 1.42. The van der Waals surface area contributed by atoms with Crippen LogP contribution in [0.1, 0.15) is 12.5 Å². The third-order valence-electron chi connectivity index (χ3n) is 5.58. The molecule has 2 atom stereocenters. The SMILES string of the molecule is C[C@H]1CN(c2cc(F)c(C[C@H](O)CO)cc2F)CCN1C(=O)Nc1nc2ccc(F)cc2s1. The van der Waals surface area contributed by atoms with Crippen molar-refractivity contribution < 1.29 is 28.2 Å². The Morgan fingerprint density at radius 3 is 2.76 bits per heavy atom. The monoisotopic (exact) mass is 480 g/mol. The molecule has 1 aliphatic heterocycles. The largest absolute Gasteiger partial charge is 0.394 e. The molecule has 4 rings (SSSR count). The summed E-state index contributed by atoms with van der Waals surface area (Å²) in [6.45, 7) is 2.11. The van der Waals surface area contributed by atoms with Crippen molar-refractivity contribution in [1.29, 1.82) is 0 Å². The number of hydrogen-bond donors (Lipinski definition) is 3. The number of carbonyl (C=O) groups is 1. The molecule has 7 nitrogen and oxygen atoms in total. The third kappa shape index (κ3) is 5.05. The summed E-state index contributed by atoms with van der Waals surface area (Å²) in [7, 11) is 0. The van der Waals surface area contributed by atoms with Gasteiger partial charge < -0.3 is 20.0 Å². The van der Waals surface area contributed by atoms with Gasteiger partial charge in [0.2, 0.25) is 0 Å². The molecule has 0 unspecified atom stereocenters. The fourth-order valence-corrected chi connectivity index (χ4v) is 4.77. The van der Waals surface area contributed by atoms with E-state index in [2.05, 4.69) is 10.3 Å². The predicted molar refractivity (Wildman–Crippen MR) is 120 cm³/mol. The van der Waals surface area contributed by atoms with Crippen molar-refractivity contribution in [3.63, 3.8) is 0 Å². The molecule has 3 N–H and O–H groups in total. The number of nitrogens with one attached hydrogen (secondary N) is 1. The standard InChI is InChI=1S/C22H23F3N4O3S/c1-12-10-28(19-9-16(24)13(7-17(19)25)6-15(31)11-30)4-5-29(12)22(32)27-21-26-18-3-2-14(23)8-20(18)33-21/h2-3,7-9,12,15,30-31H,4-6,10-11H2,1H3,(H,26,27,32)/t12-,15-/m0/s1. The van der Waals surface area contributed by atoms with E-state index in [9.17, 15) is 23.1 Å². The fraction of sp³-hybridized carbons (Fsp3) is 0.364. The molecule has 0 radical (unpaired) electrons. The molecule has 3 aromatic rings. The van der Waals surface area contributed by atoms with E-state index in [1.807, 2.05) is 0 Å². The molecule has 1 aliphatic rings. The molecule has 2 amide bonds. The van der Waals surface area contributed by atoms with Crippen molar-refractivity contribution in [2.45, 2.75) is 25.5 Å². The molecule has 0 saturated carbocycles. The number of aliphatic hydroxyl groups is 2.